The molecular formula is C11H25IN4O. The minimum absolute atomic E-state index is 0. The summed E-state index contributed by atoms with van der Waals surface area (Å²) < 4.78 is 0. The van der Waals surface area contributed by atoms with Crippen molar-refractivity contribution in [1.82, 2.24) is 10.6 Å². The van der Waals surface area contributed by atoms with E-state index in [1.165, 1.54) is 0 Å². The molecule has 102 valence electrons. The van der Waals surface area contributed by atoms with Crippen LogP contribution < -0.4 is 16.4 Å². The normalized spacial score (nSPS) is 11.6. The molecule has 1 amide bonds. The van der Waals surface area contributed by atoms with Crippen molar-refractivity contribution in [2.24, 2.45) is 16.1 Å². The molecule has 0 fully saturated rings. The Morgan fingerprint density at radius 2 is 1.88 bits per heavy atom. The van der Waals surface area contributed by atoms with Crippen LogP contribution in [0.5, 0.6) is 0 Å². The Morgan fingerprint density at radius 3 is 2.29 bits per heavy atom. The Kier molecular flexibility index (Phi) is 10.5. The lowest BCUT2D eigenvalue weighted by Crippen LogP contribution is -2.40. The van der Waals surface area contributed by atoms with Gasteiger partial charge < -0.3 is 16.4 Å². The van der Waals surface area contributed by atoms with Crippen LogP contribution in [0.1, 0.15) is 34.1 Å². The highest BCUT2D eigenvalue weighted by atomic mass is 127. The van der Waals surface area contributed by atoms with Crippen LogP contribution in [0.2, 0.25) is 0 Å². The summed E-state index contributed by atoms with van der Waals surface area (Å²) >= 11 is 0. The Bertz CT molecular complexity index is 254. The second kappa shape index (κ2) is 9.49. The molecule has 0 bridgehead atoms. The van der Waals surface area contributed by atoms with Gasteiger partial charge in [-0.3, -0.25) is 9.79 Å². The Morgan fingerprint density at radius 1 is 1.29 bits per heavy atom. The van der Waals surface area contributed by atoms with Crippen LogP contribution in [0.3, 0.4) is 0 Å². The van der Waals surface area contributed by atoms with Crippen molar-refractivity contribution >= 4 is 35.8 Å². The largest absolute Gasteiger partial charge is 0.369 e. The molecule has 0 rings (SSSR count). The highest BCUT2D eigenvalue weighted by Gasteiger charge is 2.24. The maximum atomic E-state index is 11.1. The third kappa shape index (κ3) is 8.23. The fraction of sp³-hybridized carbons (Fsp3) is 0.818. The number of nitrogens with one attached hydrogen (secondary N) is 2. The number of rotatable bonds is 6. The summed E-state index contributed by atoms with van der Waals surface area (Å²) in [6.07, 6.45) is 1.03. The lowest BCUT2D eigenvalue weighted by Gasteiger charge is -2.18. The van der Waals surface area contributed by atoms with Crippen molar-refractivity contribution < 1.29 is 4.79 Å². The Balaban J connectivity index is 0. The molecule has 4 N–H and O–H groups in total. The average Bonchev–Trinajstić information content (AvgIpc) is 2.22. The Hall–Kier alpha value is -0.530. The predicted molar refractivity (Wildman–Crippen MR) is 82.7 cm³/mol. The molecule has 0 atom stereocenters. The van der Waals surface area contributed by atoms with E-state index in [-0.39, 0.29) is 29.9 Å². The zero-order valence-electron chi connectivity index (χ0n) is 11.2. The molecule has 0 saturated carbocycles. The molecule has 0 aromatic heterocycles. The fourth-order valence-electron chi connectivity index (χ4n) is 0.940. The average molecular weight is 356 g/mol. The first-order valence-corrected chi connectivity index (χ1v) is 5.76. The summed E-state index contributed by atoms with van der Waals surface area (Å²) in [5.74, 6) is 0.404. The van der Waals surface area contributed by atoms with Crippen LogP contribution in [-0.4, -0.2) is 31.5 Å². The van der Waals surface area contributed by atoms with Gasteiger partial charge in [0.2, 0.25) is 5.91 Å². The maximum Gasteiger partial charge on any atom is 0.224 e. The lowest BCUT2D eigenvalue weighted by atomic mass is 9.93. The molecule has 17 heavy (non-hydrogen) atoms. The van der Waals surface area contributed by atoms with Crippen LogP contribution in [0, 0.1) is 5.41 Å². The summed E-state index contributed by atoms with van der Waals surface area (Å²) in [4.78, 5) is 15.5. The van der Waals surface area contributed by atoms with Crippen molar-refractivity contribution in [3.63, 3.8) is 0 Å². The topological polar surface area (TPSA) is 79.5 Å². The van der Waals surface area contributed by atoms with Gasteiger partial charge in [0, 0.05) is 13.1 Å². The van der Waals surface area contributed by atoms with E-state index in [4.69, 9.17) is 5.73 Å². The van der Waals surface area contributed by atoms with Crippen molar-refractivity contribution in [3.8, 4) is 0 Å². The molecular weight excluding hydrogens is 331 g/mol. The number of nitrogens with zero attached hydrogens (tertiary/aromatic N) is 1. The van der Waals surface area contributed by atoms with E-state index < -0.39 is 5.41 Å². The van der Waals surface area contributed by atoms with Gasteiger partial charge in [0.25, 0.3) is 0 Å². The molecule has 0 aromatic rings. The van der Waals surface area contributed by atoms with Crippen LogP contribution in [-0.2, 0) is 4.79 Å². The summed E-state index contributed by atoms with van der Waals surface area (Å²) in [6.45, 7) is 9.73. The summed E-state index contributed by atoms with van der Waals surface area (Å²) in [7, 11) is 0. The number of nitrogens with two attached hydrogens (primary N) is 1. The van der Waals surface area contributed by atoms with Gasteiger partial charge in [0.15, 0.2) is 5.96 Å². The number of carbonyl (C=O) groups is 1. The quantitative estimate of drug-likeness (QED) is 0.379. The second-order valence-corrected chi connectivity index (χ2v) is 4.37. The standard InChI is InChI=1S/C11H24N4O.HI/c1-5-7-14-10(13-6-2)15-8-11(3,4)9(12)16;/h5-8H2,1-4H3,(H2,12,16)(H2,13,14,15);1H. The number of hydrogen-bond acceptors (Lipinski definition) is 2. The number of primary amides is 1. The summed E-state index contributed by atoms with van der Waals surface area (Å²) in [6, 6.07) is 0. The number of hydrogen-bond donors (Lipinski definition) is 3. The van der Waals surface area contributed by atoms with Gasteiger partial charge in [-0.2, -0.15) is 0 Å². The first-order chi connectivity index (χ1) is 7.44. The lowest BCUT2D eigenvalue weighted by molar-refractivity contribution is -0.125. The van der Waals surface area contributed by atoms with Crippen molar-refractivity contribution in [2.45, 2.75) is 34.1 Å². The summed E-state index contributed by atoms with van der Waals surface area (Å²) in [5, 5.41) is 6.28. The van der Waals surface area contributed by atoms with Gasteiger partial charge in [0.1, 0.15) is 0 Å². The van der Waals surface area contributed by atoms with E-state index in [9.17, 15) is 4.79 Å². The smallest absolute Gasteiger partial charge is 0.224 e. The zero-order chi connectivity index (χ0) is 12.6. The molecule has 0 aliphatic carbocycles. The van der Waals surface area contributed by atoms with Gasteiger partial charge in [0.05, 0.1) is 12.0 Å². The molecule has 0 aromatic carbocycles. The number of aliphatic imine (C=N–C) groups is 1. The first kappa shape index (κ1) is 18.8. The van der Waals surface area contributed by atoms with E-state index in [0.29, 0.717) is 6.54 Å². The predicted octanol–water partition coefficient (Wildman–Crippen LogP) is 1.08. The second-order valence-electron chi connectivity index (χ2n) is 4.37. The Labute approximate surface area is 121 Å². The highest BCUT2D eigenvalue weighted by Crippen LogP contribution is 2.13. The van der Waals surface area contributed by atoms with Gasteiger partial charge in [-0.1, -0.05) is 6.92 Å². The molecule has 0 aliphatic heterocycles. The van der Waals surface area contributed by atoms with E-state index in [2.05, 4.69) is 22.5 Å². The van der Waals surface area contributed by atoms with E-state index in [1.807, 2.05) is 6.92 Å². The zero-order valence-corrected chi connectivity index (χ0v) is 13.5. The highest BCUT2D eigenvalue weighted by molar-refractivity contribution is 14.0. The van der Waals surface area contributed by atoms with E-state index >= 15 is 0 Å². The van der Waals surface area contributed by atoms with E-state index in [1.54, 1.807) is 13.8 Å². The monoisotopic (exact) mass is 356 g/mol. The third-order valence-electron chi connectivity index (χ3n) is 2.19. The van der Waals surface area contributed by atoms with Gasteiger partial charge >= 0.3 is 0 Å². The van der Waals surface area contributed by atoms with Crippen LogP contribution >= 0.6 is 24.0 Å². The van der Waals surface area contributed by atoms with Crippen molar-refractivity contribution in [3.05, 3.63) is 0 Å². The maximum absolute atomic E-state index is 11.1. The van der Waals surface area contributed by atoms with Gasteiger partial charge in [-0.25, -0.2) is 0 Å². The van der Waals surface area contributed by atoms with Crippen molar-refractivity contribution in [1.29, 1.82) is 0 Å². The molecule has 6 heteroatoms. The van der Waals surface area contributed by atoms with Crippen LogP contribution in [0.15, 0.2) is 4.99 Å². The van der Waals surface area contributed by atoms with Gasteiger partial charge in [-0.05, 0) is 27.2 Å². The fourth-order valence-corrected chi connectivity index (χ4v) is 0.940. The number of guanidine groups is 1. The molecule has 0 heterocycles. The third-order valence-corrected chi connectivity index (χ3v) is 2.19. The number of carbonyl (C=O) groups excluding carboxylic acids is 1. The molecule has 0 unspecified atom stereocenters. The van der Waals surface area contributed by atoms with Crippen LogP contribution in [0.25, 0.3) is 0 Å². The van der Waals surface area contributed by atoms with E-state index in [0.717, 1.165) is 25.5 Å². The van der Waals surface area contributed by atoms with Gasteiger partial charge in [-0.15, -0.1) is 24.0 Å². The van der Waals surface area contributed by atoms with Crippen LogP contribution in [0.4, 0.5) is 0 Å². The van der Waals surface area contributed by atoms with Crippen molar-refractivity contribution in [2.75, 3.05) is 19.6 Å². The summed E-state index contributed by atoms with van der Waals surface area (Å²) in [5.41, 5.74) is 4.68. The SMILES string of the molecule is CCCNC(=NCC(C)(C)C(N)=O)NCC.I. The molecule has 0 saturated heterocycles. The molecule has 0 spiro atoms. The first-order valence-electron chi connectivity index (χ1n) is 5.76. The number of amides is 1. The molecule has 5 nitrogen and oxygen atoms in total. The minimum Gasteiger partial charge on any atom is -0.369 e. The molecule has 0 radical (unpaired) electrons. The number of halogens is 1. The molecule has 0 aliphatic rings. The minimum atomic E-state index is -0.603.